The highest BCUT2D eigenvalue weighted by molar-refractivity contribution is 7.98. The molecule has 0 saturated carbocycles. The van der Waals surface area contributed by atoms with Crippen LogP contribution in [-0.4, -0.2) is 87.4 Å². The van der Waals surface area contributed by atoms with Crippen LogP contribution in [0, 0.1) is 0 Å². The summed E-state index contributed by atoms with van der Waals surface area (Å²) < 4.78 is 0. The van der Waals surface area contributed by atoms with E-state index in [1.807, 2.05) is 18.8 Å². The number of nitrogens with two attached hydrogens (primary N) is 3. The van der Waals surface area contributed by atoms with E-state index in [-0.39, 0.29) is 24.8 Å². The molecular formula is C15H35Cl2N3O6S3. The van der Waals surface area contributed by atoms with Gasteiger partial charge in [0.1, 0.15) is 18.1 Å². The van der Waals surface area contributed by atoms with Gasteiger partial charge in [-0.15, -0.1) is 24.8 Å². The molecule has 0 heterocycles. The Balaban J connectivity index is -0.0000000960. The van der Waals surface area contributed by atoms with Crippen LogP contribution in [0.2, 0.25) is 0 Å². The van der Waals surface area contributed by atoms with E-state index in [0.29, 0.717) is 19.3 Å². The van der Waals surface area contributed by atoms with Gasteiger partial charge in [0, 0.05) is 0 Å². The van der Waals surface area contributed by atoms with Gasteiger partial charge in [-0.25, -0.2) is 0 Å². The van der Waals surface area contributed by atoms with Gasteiger partial charge in [-0.1, -0.05) is 0 Å². The van der Waals surface area contributed by atoms with E-state index < -0.39 is 36.0 Å². The van der Waals surface area contributed by atoms with Gasteiger partial charge in [-0.3, -0.25) is 14.4 Å². The van der Waals surface area contributed by atoms with Crippen LogP contribution in [0.15, 0.2) is 0 Å². The molecule has 3 atom stereocenters. The molecule has 0 aromatic rings. The highest BCUT2D eigenvalue weighted by Crippen LogP contribution is 1.99. The molecule has 0 amide bonds. The second-order valence-electron chi connectivity index (χ2n) is 5.18. The Morgan fingerprint density at radius 1 is 0.621 bits per heavy atom. The molecule has 3 unspecified atom stereocenters. The second-order valence-corrected chi connectivity index (χ2v) is 8.14. The highest BCUT2D eigenvalue weighted by Gasteiger charge is 2.10. The Hall–Kier alpha value is -0.0800. The summed E-state index contributed by atoms with van der Waals surface area (Å²) in [5.74, 6) is -0.300. The fourth-order valence-corrected chi connectivity index (χ4v) is 2.57. The molecule has 0 aliphatic heterocycles. The van der Waals surface area contributed by atoms with Gasteiger partial charge in [0.2, 0.25) is 0 Å². The topological polar surface area (TPSA) is 190 Å². The van der Waals surface area contributed by atoms with Crippen LogP contribution in [0.3, 0.4) is 0 Å². The fraction of sp³-hybridized carbons (Fsp3) is 0.800. The van der Waals surface area contributed by atoms with Crippen LogP contribution < -0.4 is 17.2 Å². The Morgan fingerprint density at radius 3 is 0.897 bits per heavy atom. The standard InChI is InChI=1S/3C5H11NO2S.2ClH/c3*1-9-3-2-4(6)5(7)8;;/h3*4H,2-3,6H2,1H3,(H,7,8);2*1H. The fourth-order valence-electron chi connectivity index (χ4n) is 1.10. The van der Waals surface area contributed by atoms with Crippen LogP contribution in [0.5, 0.6) is 0 Å². The summed E-state index contributed by atoms with van der Waals surface area (Å²) in [6.07, 6.45) is 7.43. The van der Waals surface area contributed by atoms with Crippen LogP contribution in [0.25, 0.3) is 0 Å². The summed E-state index contributed by atoms with van der Waals surface area (Å²) in [7, 11) is 0. The van der Waals surface area contributed by atoms with Crippen LogP contribution in [-0.2, 0) is 14.4 Å². The summed E-state index contributed by atoms with van der Waals surface area (Å²) in [5, 5.41) is 24.8. The summed E-state index contributed by atoms with van der Waals surface area (Å²) in [4.78, 5) is 30.2. The van der Waals surface area contributed by atoms with E-state index in [4.69, 9.17) is 32.5 Å². The molecule has 0 aromatic carbocycles. The average Bonchev–Trinajstić information content (AvgIpc) is 2.62. The molecule has 0 aliphatic carbocycles. The quantitative estimate of drug-likeness (QED) is 0.217. The number of hydrogen-bond donors (Lipinski definition) is 6. The maximum atomic E-state index is 10.1. The molecule has 0 radical (unpaired) electrons. The summed E-state index contributed by atoms with van der Waals surface area (Å²) in [5.41, 5.74) is 15.6. The SMILES string of the molecule is CSCCC(N)C(=O)O.CSCCC(N)C(=O)O.CSCCC(N)C(=O)O.Cl.Cl. The van der Waals surface area contributed by atoms with Gasteiger partial charge >= 0.3 is 17.9 Å². The maximum absolute atomic E-state index is 10.1. The summed E-state index contributed by atoms with van der Waals surface area (Å²) in [6.45, 7) is 0. The van der Waals surface area contributed by atoms with E-state index in [1.54, 1.807) is 35.3 Å². The second kappa shape index (κ2) is 27.9. The lowest BCUT2D eigenvalue weighted by Crippen LogP contribution is -2.30. The molecule has 0 fully saturated rings. The number of carboxylic acid groups (broad SMARTS) is 3. The van der Waals surface area contributed by atoms with Crippen molar-refractivity contribution in [3.8, 4) is 0 Å². The molecule has 9 N–H and O–H groups in total. The number of thioether (sulfide) groups is 3. The van der Waals surface area contributed by atoms with Crippen molar-refractivity contribution in [2.24, 2.45) is 17.2 Å². The predicted octanol–water partition coefficient (Wildman–Crippen LogP) is 1.30. The number of carboxylic acids is 3. The minimum absolute atomic E-state index is 0. The molecule has 178 valence electrons. The van der Waals surface area contributed by atoms with Crippen molar-refractivity contribution in [3.63, 3.8) is 0 Å². The molecule has 0 aromatic heterocycles. The van der Waals surface area contributed by atoms with E-state index in [0.717, 1.165) is 17.3 Å². The normalized spacial score (nSPS) is 12.2. The number of rotatable bonds is 12. The number of hydrogen-bond acceptors (Lipinski definition) is 9. The number of aliphatic carboxylic acids is 3. The highest BCUT2D eigenvalue weighted by atomic mass is 35.5. The zero-order chi connectivity index (χ0) is 21.8. The lowest BCUT2D eigenvalue weighted by molar-refractivity contribution is -0.139. The molecule has 0 aliphatic rings. The Kier molecular flexibility index (Phi) is 37.9. The Labute approximate surface area is 197 Å². The third kappa shape index (κ3) is 32.8. The van der Waals surface area contributed by atoms with Gasteiger partial charge in [0.15, 0.2) is 0 Å². The first-order valence-corrected chi connectivity index (χ1v) is 12.1. The van der Waals surface area contributed by atoms with Crippen LogP contribution in [0.1, 0.15) is 19.3 Å². The van der Waals surface area contributed by atoms with E-state index in [9.17, 15) is 14.4 Å². The van der Waals surface area contributed by atoms with E-state index >= 15 is 0 Å². The zero-order valence-corrected chi connectivity index (χ0v) is 20.9. The Bertz CT molecular complexity index is 358. The van der Waals surface area contributed by atoms with Crippen molar-refractivity contribution >= 4 is 78.0 Å². The molecule has 29 heavy (non-hydrogen) atoms. The lowest BCUT2D eigenvalue weighted by Gasteiger charge is -2.02. The molecule has 0 spiro atoms. The monoisotopic (exact) mass is 519 g/mol. The molecule has 0 saturated heterocycles. The first-order chi connectivity index (χ1) is 12.5. The average molecular weight is 521 g/mol. The van der Waals surface area contributed by atoms with Crippen LogP contribution >= 0.6 is 60.1 Å². The van der Waals surface area contributed by atoms with Gasteiger partial charge in [0.25, 0.3) is 0 Å². The van der Waals surface area contributed by atoms with Crippen molar-refractivity contribution in [2.45, 2.75) is 37.4 Å². The lowest BCUT2D eigenvalue weighted by atomic mass is 10.2. The van der Waals surface area contributed by atoms with Crippen LogP contribution in [0.4, 0.5) is 0 Å². The van der Waals surface area contributed by atoms with Gasteiger partial charge < -0.3 is 32.5 Å². The third-order valence-corrected chi connectivity index (χ3v) is 4.78. The largest absolute Gasteiger partial charge is 0.480 e. The minimum Gasteiger partial charge on any atom is -0.480 e. The zero-order valence-electron chi connectivity index (χ0n) is 16.8. The maximum Gasteiger partial charge on any atom is 0.320 e. The minimum atomic E-state index is -0.913. The van der Waals surface area contributed by atoms with Crippen molar-refractivity contribution in [1.82, 2.24) is 0 Å². The third-order valence-electron chi connectivity index (χ3n) is 2.85. The molecule has 14 heteroatoms. The summed E-state index contributed by atoms with van der Waals surface area (Å²) >= 11 is 4.81. The number of halogens is 2. The summed E-state index contributed by atoms with van der Waals surface area (Å²) in [6, 6.07) is -2.05. The first kappa shape index (κ1) is 39.4. The van der Waals surface area contributed by atoms with Gasteiger partial charge in [-0.05, 0) is 55.3 Å². The molecular weight excluding hydrogens is 485 g/mol. The Morgan fingerprint density at radius 2 is 0.793 bits per heavy atom. The van der Waals surface area contributed by atoms with E-state index in [1.165, 1.54) is 0 Å². The first-order valence-electron chi connectivity index (χ1n) is 7.96. The van der Waals surface area contributed by atoms with Gasteiger partial charge in [-0.2, -0.15) is 35.3 Å². The smallest absolute Gasteiger partial charge is 0.320 e. The van der Waals surface area contributed by atoms with Crippen molar-refractivity contribution in [3.05, 3.63) is 0 Å². The molecule has 0 bridgehead atoms. The van der Waals surface area contributed by atoms with Crippen molar-refractivity contribution in [1.29, 1.82) is 0 Å². The predicted molar refractivity (Wildman–Crippen MR) is 130 cm³/mol. The molecule has 9 nitrogen and oxygen atoms in total. The van der Waals surface area contributed by atoms with Crippen molar-refractivity contribution < 1.29 is 29.7 Å². The van der Waals surface area contributed by atoms with Gasteiger partial charge in [0.05, 0.1) is 0 Å². The molecule has 0 rings (SSSR count). The van der Waals surface area contributed by atoms with E-state index in [2.05, 4.69) is 0 Å². The van der Waals surface area contributed by atoms with Crippen molar-refractivity contribution in [2.75, 3.05) is 36.0 Å². The number of carbonyl (C=O) groups is 3.